The van der Waals surface area contributed by atoms with E-state index in [0.717, 1.165) is 12.8 Å². The second kappa shape index (κ2) is 10.7. The van der Waals surface area contributed by atoms with E-state index in [1.807, 2.05) is 11.8 Å². The zero-order chi connectivity index (χ0) is 34.9. The summed E-state index contributed by atoms with van der Waals surface area (Å²) in [5.74, 6) is -1.23. The topological polar surface area (TPSA) is 142 Å². The van der Waals surface area contributed by atoms with E-state index in [9.17, 15) is 14.9 Å². The third kappa shape index (κ3) is 5.12. The van der Waals surface area contributed by atoms with Gasteiger partial charge in [-0.1, -0.05) is 0 Å². The molecule has 1 saturated carbocycles. The number of hydrogen-bond donors (Lipinski definition) is 1. The zero-order valence-electron chi connectivity index (χ0n) is 28.3. The van der Waals surface area contributed by atoms with Gasteiger partial charge in [-0.15, -0.1) is 11.6 Å². The first kappa shape index (κ1) is 26.7. The fourth-order valence-electron chi connectivity index (χ4n) is 5.59. The van der Waals surface area contributed by atoms with Gasteiger partial charge in [-0.25, -0.2) is 19.3 Å². The van der Waals surface area contributed by atoms with E-state index < -0.39 is 41.5 Å². The number of hydrogen-bond acceptors (Lipinski definition) is 9. The lowest BCUT2D eigenvalue weighted by atomic mass is 9.96. The number of anilines is 2. The Morgan fingerprint density at radius 3 is 2.76 bits per heavy atom. The van der Waals surface area contributed by atoms with E-state index in [0.29, 0.717) is 23.7 Å². The maximum Gasteiger partial charge on any atom is 0.415 e. The van der Waals surface area contributed by atoms with Crippen LogP contribution in [0, 0.1) is 17.1 Å². The van der Waals surface area contributed by atoms with E-state index in [1.165, 1.54) is 23.0 Å². The lowest BCUT2D eigenvalue weighted by Gasteiger charge is -2.37. The van der Waals surface area contributed by atoms with Gasteiger partial charge in [0.2, 0.25) is 0 Å². The average Bonchev–Trinajstić information content (AvgIpc) is 3.63. The molecule has 1 aliphatic heterocycles. The average molecular weight is 638 g/mol. The highest BCUT2D eigenvalue weighted by molar-refractivity contribution is 6.18. The third-order valence-corrected chi connectivity index (χ3v) is 8.10. The van der Waals surface area contributed by atoms with Gasteiger partial charge in [0, 0.05) is 41.7 Å². The fourth-order valence-corrected chi connectivity index (χ4v) is 5.80. The Labute approximate surface area is 267 Å². The van der Waals surface area contributed by atoms with Gasteiger partial charge < -0.3 is 14.4 Å². The first-order chi connectivity index (χ1) is 22.5. The van der Waals surface area contributed by atoms with Crippen LogP contribution in [0.1, 0.15) is 55.9 Å². The number of halogens is 2. The van der Waals surface area contributed by atoms with Gasteiger partial charge in [-0.05, 0) is 46.6 Å². The summed E-state index contributed by atoms with van der Waals surface area (Å²) in [5, 5.41) is 20.9. The summed E-state index contributed by atoms with van der Waals surface area (Å²) in [5.41, 5.74) is -1.66. The van der Waals surface area contributed by atoms with E-state index in [1.54, 1.807) is 27.8 Å². The predicted molar refractivity (Wildman–Crippen MR) is 167 cm³/mol. The number of alkyl halides is 1. The number of fused-ring (bicyclic) bond motifs is 2. The Bertz CT molecular complexity index is 2080. The van der Waals surface area contributed by atoms with E-state index in [2.05, 4.69) is 26.3 Å². The molecule has 0 radical (unpaired) electrons. The number of likely N-dealkylation sites (N-methyl/N-ethyl adjacent to an activating group) is 1. The maximum absolute atomic E-state index is 16.3. The molecule has 4 aromatic rings. The standard InChI is InChI=1S/C31H32ClFN8O4/c1-7-41-15-31(8-9-31)44-26-17(13-34)23(19(33)11-22(26)41)25-18(14-35-40(25)6)20-10-16-21(12-32)37-38-28(42)24(16)27(36-20)39(5)29(43)45-30(2,3)4/h10-11,14H,7-9,12,15H2,1-6H3,(H,38,42)/i5D3. The minimum Gasteiger partial charge on any atom is -0.482 e. The van der Waals surface area contributed by atoms with E-state index >= 15 is 4.39 Å². The quantitative estimate of drug-likeness (QED) is 0.290. The van der Waals surface area contributed by atoms with Crippen molar-refractivity contribution in [1.29, 1.82) is 5.26 Å². The van der Waals surface area contributed by atoms with Gasteiger partial charge >= 0.3 is 6.09 Å². The number of nitriles is 1. The highest BCUT2D eigenvalue weighted by atomic mass is 35.5. The van der Waals surface area contributed by atoms with Crippen LogP contribution in [-0.4, -0.2) is 62.3 Å². The van der Waals surface area contributed by atoms with Crippen LogP contribution < -0.4 is 20.1 Å². The number of pyridine rings is 1. The molecule has 2 aliphatic rings. The molecule has 0 saturated heterocycles. The summed E-state index contributed by atoms with van der Waals surface area (Å²) in [6, 6.07) is 4.90. The number of nitrogens with one attached hydrogen (secondary N) is 1. The lowest BCUT2D eigenvalue weighted by molar-refractivity contribution is 0.0588. The van der Waals surface area contributed by atoms with Gasteiger partial charge in [0.15, 0.2) is 11.6 Å². The first-order valence-electron chi connectivity index (χ1n) is 15.8. The number of nitrogens with zero attached hydrogens (tertiary/aromatic N) is 7. The molecule has 6 rings (SSSR count). The van der Waals surface area contributed by atoms with Crippen molar-refractivity contribution in [2.75, 3.05) is 29.9 Å². The Kier molecular flexibility index (Phi) is 6.36. The number of carbonyl (C=O) groups excluding carboxylic acids is 1. The highest BCUT2D eigenvalue weighted by Crippen LogP contribution is 2.52. The number of amides is 1. The van der Waals surface area contributed by atoms with Crippen molar-refractivity contribution < 1.29 is 22.8 Å². The molecule has 1 N–H and O–H groups in total. The molecule has 12 nitrogen and oxygen atoms in total. The van der Waals surface area contributed by atoms with Crippen molar-refractivity contribution >= 4 is 40.0 Å². The number of H-pyrrole nitrogens is 1. The summed E-state index contributed by atoms with van der Waals surface area (Å²) in [7, 11) is 1.55. The molecule has 45 heavy (non-hydrogen) atoms. The number of rotatable bonds is 5. The molecule has 1 amide bonds. The summed E-state index contributed by atoms with van der Waals surface area (Å²) in [6.07, 6.45) is 1.68. The molecule has 0 bridgehead atoms. The van der Waals surface area contributed by atoms with Crippen molar-refractivity contribution in [3.63, 3.8) is 0 Å². The zero-order valence-corrected chi connectivity index (χ0v) is 26.0. The Morgan fingerprint density at radius 2 is 2.13 bits per heavy atom. The molecule has 234 valence electrons. The van der Waals surface area contributed by atoms with Crippen LogP contribution in [0.5, 0.6) is 5.75 Å². The van der Waals surface area contributed by atoms with Crippen molar-refractivity contribution in [3.8, 4) is 34.3 Å². The van der Waals surface area contributed by atoms with Crippen LogP contribution in [-0.2, 0) is 17.7 Å². The van der Waals surface area contributed by atoms with Crippen LogP contribution in [0.25, 0.3) is 33.3 Å². The van der Waals surface area contributed by atoms with E-state index in [4.69, 9.17) is 25.2 Å². The molecular weight excluding hydrogens is 603 g/mol. The number of ether oxygens (including phenoxy) is 2. The molecule has 1 aliphatic carbocycles. The first-order valence-corrected chi connectivity index (χ1v) is 14.8. The highest BCUT2D eigenvalue weighted by Gasteiger charge is 2.51. The number of aryl methyl sites for hydroxylation is 1. The summed E-state index contributed by atoms with van der Waals surface area (Å²) < 4.78 is 54.2. The second-order valence-electron chi connectivity index (χ2n) is 12.1. The Hall–Kier alpha value is -4.70. The number of aromatic amines is 1. The fraction of sp³-hybridized carbons (Fsp3) is 0.419. The van der Waals surface area contributed by atoms with Crippen molar-refractivity contribution in [3.05, 3.63) is 45.8 Å². The Morgan fingerprint density at radius 1 is 1.38 bits per heavy atom. The molecular formula is C31H32ClFN8O4. The normalized spacial score (nSPS) is 16.3. The summed E-state index contributed by atoms with van der Waals surface area (Å²) in [6.45, 7) is 4.61. The lowest BCUT2D eigenvalue weighted by Crippen LogP contribution is -2.42. The smallest absolute Gasteiger partial charge is 0.415 e. The van der Waals surface area contributed by atoms with Crippen molar-refractivity contribution in [1.82, 2.24) is 25.0 Å². The number of aromatic nitrogens is 5. The van der Waals surface area contributed by atoms with Crippen LogP contribution in [0.15, 0.2) is 23.1 Å². The molecule has 1 aromatic carbocycles. The van der Waals surface area contributed by atoms with Crippen LogP contribution in [0.3, 0.4) is 0 Å². The van der Waals surface area contributed by atoms with E-state index in [-0.39, 0.29) is 56.2 Å². The third-order valence-electron chi connectivity index (χ3n) is 7.85. The maximum atomic E-state index is 16.3. The molecule has 4 heterocycles. The van der Waals surface area contributed by atoms with Gasteiger partial charge in [-0.2, -0.15) is 15.5 Å². The predicted octanol–water partition coefficient (Wildman–Crippen LogP) is 5.26. The monoisotopic (exact) mass is 637 g/mol. The minimum atomic E-state index is -3.17. The molecule has 0 unspecified atom stereocenters. The van der Waals surface area contributed by atoms with Crippen LogP contribution in [0.2, 0.25) is 0 Å². The molecule has 0 atom stereocenters. The molecule has 1 spiro atoms. The van der Waals surface area contributed by atoms with Gasteiger partial charge in [0.1, 0.15) is 28.7 Å². The molecule has 3 aromatic heterocycles. The summed E-state index contributed by atoms with van der Waals surface area (Å²) >= 11 is 6.20. The molecule has 1 fully saturated rings. The molecule has 14 heteroatoms. The van der Waals surface area contributed by atoms with Crippen LogP contribution in [0.4, 0.5) is 20.7 Å². The van der Waals surface area contributed by atoms with Gasteiger partial charge in [0.05, 0.1) is 52.3 Å². The summed E-state index contributed by atoms with van der Waals surface area (Å²) in [4.78, 5) is 33.5. The second-order valence-corrected chi connectivity index (χ2v) is 12.4. The SMILES string of the molecule is [2H]C([2H])([2H])N(C(=O)OC(C)(C)C)c1nc(-c2cnn(C)c2-c2c(F)cc3c(c2C#N)OC2(CC2)CN3CC)cc2c(CCl)n[nH]c(=O)c12. The Balaban J connectivity index is 1.65. The number of carbonyl (C=O) groups is 1. The van der Waals surface area contributed by atoms with Gasteiger partial charge in [0.25, 0.3) is 5.56 Å². The van der Waals surface area contributed by atoms with Crippen LogP contribution >= 0.6 is 11.6 Å². The van der Waals surface area contributed by atoms with Gasteiger partial charge in [-0.3, -0.25) is 14.4 Å². The largest absolute Gasteiger partial charge is 0.482 e. The minimum absolute atomic E-state index is 0.00653. The van der Waals surface area contributed by atoms with Crippen molar-refractivity contribution in [2.45, 2.75) is 57.6 Å². The van der Waals surface area contributed by atoms with Crippen molar-refractivity contribution in [2.24, 2.45) is 7.05 Å². The number of benzene rings is 1.